The van der Waals surface area contributed by atoms with E-state index in [0.29, 0.717) is 29.7 Å². The highest BCUT2D eigenvalue weighted by Crippen LogP contribution is 2.38. The van der Waals surface area contributed by atoms with E-state index in [9.17, 15) is 8.42 Å². The largest absolute Gasteiger partial charge is 0.361 e. The molecule has 1 aromatic carbocycles. The Kier molecular flexibility index (Phi) is 5.56. The van der Waals surface area contributed by atoms with Gasteiger partial charge < -0.3 is 9.09 Å². The van der Waals surface area contributed by atoms with Crippen molar-refractivity contribution in [2.75, 3.05) is 0 Å². The molecule has 3 heterocycles. The van der Waals surface area contributed by atoms with Crippen LogP contribution in [-0.2, 0) is 16.6 Å². The quantitative estimate of drug-likeness (QED) is 0.416. The number of benzene rings is 1. The van der Waals surface area contributed by atoms with Gasteiger partial charge in [0.25, 0.3) is 0 Å². The summed E-state index contributed by atoms with van der Waals surface area (Å²) in [7, 11) is -3.86. The molecule has 34 heavy (non-hydrogen) atoms. The average molecular weight is 483 g/mol. The summed E-state index contributed by atoms with van der Waals surface area (Å²) >= 11 is 0. The zero-order valence-electron chi connectivity index (χ0n) is 19.2. The molecule has 1 aliphatic rings. The molecule has 1 saturated carbocycles. The molecular formula is C25H27FN4O3S. The van der Waals surface area contributed by atoms with Gasteiger partial charge in [0.1, 0.15) is 11.4 Å². The van der Waals surface area contributed by atoms with Crippen LogP contribution in [0.5, 0.6) is 0 Å². The van der Waals surface area contributed by atoms with E-state index < -0.39 is 15.7 Å². The summed E-state index contributed by atoms with van der Waals surface area (Å²) in [6.07, 6.45) is 7.48. The van der Waals surface area contributed by atoms with Crippen LogP contribution >= 0.6 is 0 Å². The fraction of sp³-hybridized carbons (Fsp3) is 0.360. The molecule has 1 fully saturated rings. The van der Waals surface area contributed by atoms with Gasteiger partial charge in [0, 0.05) is 29.1 Å². The van der Waals surface area contributed by atoms with E-state index in [1.54, 1.807) is 12.3 Å². The lowest BCUT2D eigenvalue weighted by molar-refractivity contribution is 0.0873. The number of alkyl halides is 1. The molecule has 0 unspecified atom stereocenters. The highest BCUT2D eigenvalue weighted by molar-refractivity contribution is 7.89. The fourth-order valence-corrected chi connectivity index (χ4v) is 5.59. The molecule has 0 aliphatic heterocycles. The van der Waals surface area contributed by atoms with E-state index in [0.717, 1.165) is 47.2 Å². The van der Waals surface area contributed by atoms with E-state index in [2.05, 4.69) is 5.16 Å². The zero-order valence-corrected chi connectivity index (χ0v) is 20.0. The highest BCUT2D eigenvalue weighted by atomic mass is 32.2. The summed E-state index contributed by atoms with van der Waals surface area (Å²) < 4.78 is 46.9. The molecule has 7 nitrogen and oxygen atoms in total. The number of halogens is 1. The molecule has 0 spiro atoms. The number of aromatic nitrogens is 3. The van der Waals surface area contributed by atoms with Gasteiger partial charge in [0.05, 0.1) is 28.2 Å². The normalized spacial score (nSPS) is 16.2. The second-order valence-corrected chi connectivity index (χ2v) is 10.8. The first-order valence-electron chi connectivity index (χ1n) is 11.4. The lowest BCUT2D eigenvalue weighted by Crippen LogP contribution is -2.31. The van der Waals surface area contributed by atoms with E-state index in [-0.39, 0.29) is 11.4 Å². The first kappa shape index (κ1) is 22.7. The maximum atomic E-state index is 15.8. The van der Waals surface area contributed by atoms with Gasteiger partial charge in [-0.3, -0.25) is 4.98 Å². The van der Waals surface area contributed by atoms with E-state index >= 15 is 4.39 Å². The van der Waals surface area contributed by atoms with E-state index in [4.69, 9.17) is 14.6 Å². The number of rotatable bonds is 5. The molecule has 2 N–H and O–H groups in total. The molecule has 5 rings (SSSR count). The zero-order chi connectivity index (χ0) is 24.1. The minimum Gasteiger partial charge on any atom is -0.361 e. The number of sulfonamides is 1. The predicted molar refractivity (Wildman–Crippen MR) is 128 cm³/mol. The van der Waals surface area contributed by atoms with Crippen LogP contribution in [-0.4, -0.2) is 28.8 Å². The molecular weight excluding hydrogens is 455 g/mol. The van der Waals surface area contributed by atoms with Crippen LogP contribution in [0.4, 0.5) is 4.39 Å². The van der Waals surface area contributed by atoms with Gasteiger partial charge in [-0.2, -0.15) is 0 Å². The number of nitrogens with zero attached hydrogens (tertiary/aromatic N) is 3. The minimum atomic E-state index is -3.86. The van der Waals surface area contributed by atoms with E-state index in [1.165, 1.54) is 12.1 Å². The van der Waals surface area contributed by atoms with E-state index in [1.807, 2.05) is 36.7 Å². The van der Waals surface area contributed by atoms with Crippen LogP contribution in [0.1, 0.15) is 43.6 Å². The Balaban J connectivity index is 1.69. The molecule has 178 valence electrons. The Morgan fingerprint density at radius 3 is 2.59 bits per heavy atom. The summed E-state index contributed by atoms with van der Waals surface area (Å²) in [6, 6.07) is 8.43. The summed E-state index contributed by atoms with van der Waals surface area (Å²) in [5, 5.41) is 9.40. The molecule has 0 bridgehead atoms. The summed E-state index contributed by atoms with van der Waals surface area (Å²) in [4.78, 5) is 4.75. The lowest BCUT2D eigenvalue weighted by Gasteiger charge is -2.30. The van der Waals surface area contributed by atoms with Crippen molar-refractivity contribution >= 4 is 21.1 Å². The topological polar surface area (TPSA) is 104 Å². The van der Waals surface area contributed by atoms with Crippen LogP contribution in [0.2, 0.25) is 0 Å². The Morgan fingerprint density at radius 2 is 1.91 bits per heavy atom. The number of hydrogen-bond acceptors (Lipinski definition) is 5. The molecule has 9 heteroatoms. The standard InChI is InChI=1S/C25H27FN4O3S/c1-16-23(17(2)33-29-16)19-12-22-24(28-13-19)21(18-7-6-8-20(11-18)34(27,31)32)14-30(22)15-25(26)9-4-3-5-10-25/h6-8,11-14H,3-5,9-10,15H2,1-2H3,(H2,27,31,32). The number of primary sulfonamides is 1. The third-order valence-corrected chi connectivity index (χ3v) is 7.63. The van der Waals surface area contributed by atoms with Crippen molar-refractivity contribution in [3.8, 4) is 22.3 Å². The van der Waals surface area contributed by atoms with Gasteiger partial charge in [-0.1, -0.05) is 36.6 Å². The molecule has 3 aromatic heterocycles. The first-order chi connectivity index (χ1) is 16.1. The van der Waals surface area contributed by atoms with Gasteiger partial charge in [0.15, 0.2) is 0 Å². The van der Waals surface area contributed by atoms with Crippen molar-refractivity contribution in [2.24, 2.45) is 5.14 Å². The molecule has 0 atom stereocenters. The van der Waals surface area contributed by atoms with Crippen LogP contribution in [0.3, 0.4) is 0 Å². The monoisotopic (exact) mass is 482 g/mol. The van der Waals surface area contributed by atoms with Gasteiger partial charge in [0.2, 0.25) is 10.0 Å². The predicted octanol–water partition coefficient (Wildman–Crippen LogP) is 5.29. The van der Waals surface area contributed by atoms with Crippen LogP contribution in [0.25, 0.3) is 33.3 Å². The summed E-state index contributed by atoms with van der Waals surface area (Å²) in [5.41, 5.74) is 4.00. The first-order valence-corrected chi connectivity index (χ1v) is 12.9. The average Bonchev–Trinajstić information content (AvgIpc) is 3.32. The second kappa shape index (κ2) is 8.32. The number of hydrogen-bond donors (Lipinski definition) is 1. The Bertz CT molecular complexity index is 1460. The maximum absolute atomic E-state index is 15.8. The van der Waals surface area contributed by atoms with Crippen molar-refractivity contribution in [1.82, 2.24) is 14.7 Å². The fourth-order valence-electron chi connectivity index (χ4n) is 5.03. The number of aryl methyl sites for hydroxylation is 2. The van der Waals surface area contributed by atoms with Crippen molar-refractivity contribution < 1.29 is 17.3 Å². The van der Waals surface area contributed by atoms with Gasteiger partial charge in [-0.15, -0.1) is 0 Å². The molecule has 0 amide bonds. The highest BCUT2D eigenvalue weighted by Gasteiger charge is 2.33. The molecule has 1 aliphatic carbocycles. The van der Waals surface area contributed by atoms with Gasteiger partial charge in [-0.25, -0.2) is 17.9 Å². The molecule has 0 radical (unpaired) electrons. The lowest BCUT2D eigenvalue weighted by atomic mass is 9.86. The minimum absolute atomic E-state index is 0.0208. The SMILES string of the molecule is Cc1noc(C)c1-c1cnc2c(-c3cccc(S(N)(=O)=O)c3)cn(CC3(F)CCCCC3)c2c1. The van der Waals surface area contributed by atoms with Crippen LogP contribution < -0.4 is 5.14 Å². The third kappa shape index (κ3) is 4.14. The number of pyridine rings is 1. The Labute approximate surface area is 197 Å². The molecule has 4 aromatic rings. The molecule has 0 saturated heterocycles. The smallest absolute Gasteiger partial charge is 0.238 e. The van der Waals surface area contributed by atoms with Crippen molar-refractivity contribution in [3.05, 3.63) is 54.2 Å². The van der Waals surface area contributed by atoms with Gasteiger partial charge >= 0.3 is 0 Å². The van der Waals surface area contributed by atoms with Crippen LogP contribution in [0.15, 0.2) is 52.1 Å². The van der Waals surface area contributed by atoms with Crippen molar-refractivity contribution in [2.45, 2.75) is 63.1 Å². The van der Waals surface area contributed by atoms with Crippen molar-refractivity contribution in [1.29, 1.82) is 0 Å². The Hall–Kier alpha value is -3.04. The van der Waals surface area contributed by atoms with Gasteiger partial charge in [-0.05, 0) is 50.5 Å². The summed E-state index contributed by atoms with van der Waals surface area (Å²) in [6.45, 7) is 3.93. The number of nitrogens with two attached hydrogens (primary N) is 1. The number of fused-ring (bicyclic) bond motifs is 1. The Morgan fingerprint density at radius 1 is 1.15 bits per heavy atom. The van der Waals surface area contributed by atoms with Crippen LogP contribution in [0, 0.1) is 13.8 Å². The third-order valence-electron chi connectivity index (χ3n) is 6.72. The van der Waals surface area contributed by atoms with Crippen molar-refractivity contribution in [3.63, 3.8) is 0 Å². The maximum Gasteiger partial charge on any atom is 0.238 e. The summed E-state index contributed by atoms with van der Waals surface area (Å²) in [5.74, 6) is 0.687. The second-order valence-electron chi connectivity index (χ2n) is 9.25.